The molecule has 1 aliphatic heterocycles. The third-order valence-electron chi connectivity index (χ3n) is 4.87. The van der Waals surface area contributed by atoms with E-state index in [1.54, 1.807) is 4.90 Å². The number of carbonyl (C=O) groups excluding carboxylic acids is 1. The number of carbonyl (C=O) groups is 1. The molecule has 2 N–H and O–H groups in total. The van der Waals surface area contributed by atoms with E-state index in [0.717, 1.165) is 12.1 Å². The maximum Gasteiger partial charge on any atom is 0.245 e. The molecule has 1 heterocycles. The quantitative estimate of drug-likeness (QED) is 0.773. The predicted octanol–water partition coefficient (Wildman–Crippen LogP) is 3.41. The molecule has 1 fully saturated rings. The van der Waals surface area contributed by atoms with Crippen molar-refractivity contribution in [2.24, 2.45) is 0 Å². The Morgan fingerprint density at radius 2 is 1.64 bits per heavy atom. The Balaban J connectivity index is 1.54. The van der Waals surface area contributed by atoms with Crippen molar-refractivity contribution in [3.63, 3.8) is 0 Å². The number of hydrogen-bond donors (Lipinski definition) is 2. The Bertz CT molecular complexity index is 889. The molecule has 3 aromatic rings. The van der Waals surface area contributed by atoms with Crippen molar-refractivity contribution >= 4 is 22.4 Å². The van der Waals surface area contributed by atoms with E-state index in [9.17, 15) is 4.79 Å². The van der Waals surface area contributed by atoms with Crippen molar-refractivity contribution in [3.05, 3.63) is 78.4 Å². The van der Waals surface area contributed by atoms with E-state index in [4.69, 9.17) is 0 Å². The number of amides is 1. The summed E-state index contributed by atoms with van der Waals surface area (Å²) in [6.45, 7) is 0. The first kappa shape index (κ1) is 15.8. The zero-order chi connectivity index (χ0) is 17.2. The van der Waals surface area contributed by atoms with E-state index in [0.29, 0.717) is 0 Å². The number of fused-ring (bicyclic) bond motifs is 1. The van der Waals surface area contributed by atoms with Gasteiger partial charge in [-0.25, -0.2) is 10.9 Å². The van der Waals surface area contributed by atoms with Crippen molar-refractivity contribution in [2.45, 2.75) is 18.5 Å². The molecule has 25 heavy (non-hydrogen) atoms. The molecule has 126 valence electrons. The lowest BCUT2D eigenvalue weighted by atomic mass is 9.96. The van der Waals surface area contributed by atoms with Crippen LogP contribution in [0.5, 0.6) is 0 Å². The predicted molar refractivity (Wildman–Crippen MR) is 101 cm³/mol. The van der Waals surface area contributed by atoms with Crippen LogP contribution in [-0.4, -0.2) is 19.0 Å². The summed E-state index contributed by atoms with van der Waals surface area (Å²) >= 11 is 0. The van der Waals surface area contributed by atoms with Gasteiger partial charge in [0.25, 0.3) is 0 Å². The van der Waals surface area contributed by atoms with Crippen LogP contribution in [0.2, 0.25) is 0 Å². The van der Waals surface area contributed by atoms with Crippen LogP contribution >= 0.6 is 0 Å². The van der Waals surface area contributed by atoms with Crippen LogP contribution in [0.3, 0.4) is 0 Å². The molecule has 0 saturated carbocycles. The lowest BCUT2D eigenvalue weighted by Gasteiger charge is -2.20. The molecule has 0 aromatic heterocycles. The Morgan fingerprint density at radius 3 is 2.48 bits per heavy atom. The fourth-order valence-electron chi connectivity index (χ4n) is 3.49. The highest BCUT2D eigenvalue weighted by molar-refractivity contribution is 5.97. The van der Waals surface area contributed by atoms with E-state index in [2.05, 4.69) is 47.2 Å². The van der Waals surface area contributed by atoms with Gasteiger partial charge in [0.15, 0.2) is 0 Å². The normalized spacial score (nSPS) is 19.9. The average Bonchev–Trinajstić information content (AvgIpc) is 3.17. The molecule has 0 bridgehead atoms. The average molecular weight is 331 g/mol. The SMILES string of the molecule is CN(C(=O)C1CC(c2cccc3ccccc23)NN1)c1ccccc1. The minimum absolute atomic E-state index is 0.0708. The van der Waals surface area contributed by atoms with Gasteiger partial charge in [0.1, 0.15) is 6.04 Å². The van der Waals surface area contributed by atoms with Crippen molar-refractivity contribution in [3.8, 4) is 0 Å². The second-order valence-electron chi connectivity index (χ2n) is 6.43. The molecule has 1 aliphatic rings. The number of benzene rings is 3. The summed E-state index contributed by atoms with van der Waals surface area (Å²) in [5.41, 5.74) is 8.61. The van der Waals surface area contributed by atoms with Crippen molar-refractivity contribution in [1.29, 1.82) is 0 Å². The largest absolute Gasteiger partial charge is 0.314 e. The number of nitrogens with zero attached hydrogens (tertiary/aromatic N) is 1. The van der Waals surface area contributed by atoms with E-state index < -0.39 is 0 Å². The Morgan fingerprint density at radius 1 is 0.920 bits per heavy atom. The maximum atomic E-state index is 12.8. The summed E-state index contributed by atoms with van der Waals surface area (Å²) in [7, 11) is 1.82. The second kappa shape index (κ2) is 6.67. The number of likely N-dealkylation sites (N-methyl/N-ethyl adjacent to an activating group) is 1. The highest BCUT2D eigenvalue weighted by atomic mass is 16.2. The van der Waals surface area contributed by atoms with Gasteiger partial charge in [0.05, 0.1) is 0 Å². The van der Waals surface area contributed by atoms with Crippen molar-refractivity contribution in [1.82, 2.24) is 10.9 Å². The molecular formula is C21H21N3O. The minimum Gasteiger partial charge on any atom is -0.314 e. The maximum absolute atomic E-state index is 12.8. The first-order valence-electron chi connectivity index (χ1n) is 8.55. The minimum atomic E-state index is -0.242. The summed E-state index contributed by atoms with van der Waals surface area (Å²) in [6.07, 6.45) is 0.726. The Kier molecular flexibility index (Phi) is 4.22. The standard InChI is InChI=1S/C21H21N3O/c1-24(16-10-3-2-4-11-16)21(25)20-14-19(22-23-20)18-13-7-9-15-8-5-6-12-17(15)18/h2-13,19-20,22-23H,14H2,1H3. The van der Waals surface area contributed by atoms with Gasteiger partial charge in [0.2, 0.25) is 5.91 Å². The second-order valence-corrected chi connectivity index (χ2v) is 6.43. The first-order valence-corrected chi connectivity index (χ1v) is 8.55. The van der Waals surface area contributed by atoms with Gasteiger partial charge in [-0.05, 0) is 34.9 Å². The highest BCUT2D eigenvalue weighted by Crippen LogP contribution is 2.29. The first-order chi connectivity index (χ1) is 12.2. The van der Waals surface area contributed by atoms with Crippen LogP contribution in [0.4, 0.5) is 5.69 Å². The van der Waals surface area contributed by atoms with Gasteiger partial charge in [-0.3, -0.25) is 4.79 Å². The van der Waals surface area contributed by atoms with Crippen LogP contribution < -0.4 is 15.8 Å². The number of anilines is 1. The van der Waals surface area contributed by atoms with Gasteiger partial charge in [-0.2, -0.15) is 0 Å². The lowest BCUT2D eigenvalue weighted by molar-refractivity contribution is -0.120. The zero-order valence-electron chi connectivity index (χ0n) is 14.1. The third kappa shape index (κ3) is 3.02. The number of hydrogen-bond acceptors (Lipinski definition) is 3. The van der Waals surface area contributed by atoms with Gasteiger partial charge >= 0.3 is 0 Å². The molecule has 1 amide bonds. The van der Waals surface area contributed by atoms with Gasteiger partial charge in [-0.1, -0.05) is 60.7 Å². The fraction of sp³-hybridized carbons (Fsp3) is 0.190. The zero-order valence-corrected chi connectivity index (χ0v) is 14.1. The fourth-order valence-corrected chi connectivity index (χ4v) is 3.49. The third-order valence-corrected chi connectivity index (χ3v) is 4.87. The van der Waals surface area contributed by atoms with Gasteiger partial charge in [0, 0.05) is 18.8 Å². The smallest absolute Gasteiger partial charge is 0.245 e. The van der Waals surface area contributed by atoms with Crippen molar-refractivity contribution in [2.75, 3.05) is 11.9 Å². The molecule has 4 heteroatoms. The Hall–Kier alpha value is -2.69. The molecular weight excluding hydrogens is 310 g/mol. The molecule has 2 atom stereocenters. The van der Waals surface area contributed by atoms with Crippen LogP contribution in [0, 0.1) is 0 Å². The van der Waals surface area contributed by atoms with E-state index >= 15 is 0 Å². The summed E-state index contributed by atoms with van der Waals surface area (Å²) in [4.78, 5) is 14.5. The van der Waals surface area contributed by atoms with Gasteiger partial charge < -0.3 is 4.90 Å². The summed E-state index contributed by atoms with van der Waals surface area (Å²) < 4.78 is 0. The van der Waals surface area contributed by atoms with Crippen LogP contribution in [-0.2, 0) is 4.79 Å². The molecule has 0 radical (unpaired) electrons. The number of hydrazine groups is 1. The van der Waals surface area contributed by atoms with E-state index in [1.165, 1.54) is 16.3 Å². The summed E-state index contributed by atoms with van der Waals surface area (Å²) in [5.74, 6) is 0.0708. The summed E-state index contributed by atoms with van der Waals surface area (Å²) in [5, 5.41) is 2.45. The lowest BCUT2D eigenvalue weighted by Crippen LogP contribution is -2.44. The monoisotopic (exact) mass is 331 g/mol. The van der Waals surface area contributed by atoms with E-state index in [-0.39, 0.29) is 18.0 Å². The number of nitrogens with one attached hydrogen (secondary N) is 2. The molecule has 0 aliphatic carbocycles. The number of para-hydroxylation sites is 1. The molecule has 2 unspecified atom stereocenters. The molecule has 4 nitrogen and oxygen atoms in total. The Labute approximate surface area is 147 Å². The van der Waals surface area contributed by atoms with Crippen LogP contribution in [0.1, 0.15) is 18.0 Å². The van der Waals surface area contributed by atoms with Gasteiger partial charge in [-0.15, -0.1) is 0 Å². The summed E-state index contributed by atoms with van der Waals surface area (Å²) in [6, 6.07) is 24.3. The molecule has 1 saturated heterocycles. The molecule has 4 rings (SSSR count). The van der Waals surface area contributed by atoms with Crippen LogP contribution in [0.25, 0.3) is 10.8 Å². The highest BCUT2D eigenvalue weighted by Gasteiger charge is 2.32. The number of rotatable bonds is 3. The topological polar surface area (TPSA) is 44.4 Å². The van der Waals surface area contributed by atoms with Crippen molar-refractivity contribution < 1.29 is 4.79 Å². The van der Waals surface area contributed by atoms with Crippen LogP contribution in [0.15, 0.2) is 72.8 Å². The van der Waals surface area contributed by atoms with E-state index in [1.807, 2.05) is 43.4 Å². The molecule has 3 aromatic carbocycles. The molecule has 0 spiro atoms.